The van der Waals surface area contributed by atoms with Crippen molar-refractivity contribution in [1.82, 2.24) is 19.6 Å². The number of piperidine rings is 1. The Balaban J connectivity index is 1.51. The number of aliphatic imine (C=N–C) groups is 1. The molecule has 0 bridgehead atoms. The molecule has 1 fully saturated rings. The van der Waals surface area contributed by atoms with E-state index < -0.39 is 0 Å². The van der Waals surface area contributed by atoms with E-state index in [-0.39, 0.29) is 5.91 Å². The first-order valence-electron chi connectivity index (χ1n) is 10.4. The maximum absolute atomic E-state index is 13.2. The highest BCUT2D eigenvalue weighted by Crippen LogP contribution is 2.28. The van der Waals surface area contributed by atoms with E-state index in [9.17, 15) is 4.79 Å². The first kappa shape index (κ1) is 18.8. The minimum Gasteiger partial charge on any atom is -0.317 e. The molecule has 0 aromatic carbocycles. The number of carbonyl (C=O) groups is 1. The minimum atomic E-state index is -0.0576. The van der Waals surface area contributed by atoms with Gasteiger partial charge in [-0.25, -0.2) is 4.98 Å². The van der Waals surface area contributed by atoms with Crippen molar-refractivity contribution in [2.75, 3.05) is 13.1 Å². The Hall–Kier alpha value is -3.25. The Morgan fingerprint density at radius 1 is 1.17 bits per heavy atom. The number of carbonyl (C=O) groups excluding carboxylic acids is 1. The van der Waals surface area contributed by atoms with Gasteiger partial charge in [-0.2, -0.15) is 0 Å². The molecule has 3 aliphatic heterocycles. The van der Waals surface area contributed by atoms with E-state index >= 15 is 0 Å². The highest BCUT2D eigenvalue weighted by atomic mass is 16.2. The van der Waals surface area contributed by atoms with Gasteiger partial charge < -0.3 is 9.72 Å². The number of imidazole rings is 1. The number of fused-ring (bicyclic) bond motifs is 2. The van der Waals surface area contributed by atoms with Crippen LogP contribution < -0.4 is 5.32 Å². The molecule has 1 saturated heterocycles. The van der Waals surface area contributed by atoms with Crippen molar-refractivity contribution < 1.29 is 4.79 Å². The fourth-order valence-corrected chi connectivity index (χ4v) is 4.32. The summed E-state index contributed by atoms with van der Waals surface area (Å²) in [4.78, 5) is 24.1. The molecule has 1 N–H and O–H groups in total. The summed E-state index contributed by atoms with van der Waals surface area (Å²) in [7, 11) is 0. The van der Waals surface area contributed by atoms with Gasteiger partial charge in [0.25, 0.3) is 5.91 Å². The average molecular weight is 399 g/mol. The largest absolute Gasteiger partial charge is 0.317 e. The fraction of sp³-hybridized carbons (Fsp3) is 0.292. The van der Waals surface area contributed by atoms with E-state index in [1.54, 1.807) is 11.0 Å². The lowest BCUT2D eigenvalue weighted by molar-refractivity contribution is -0.121. The first-order chi connectivity index (χ1) is 14.6. The van der Waals surface area contributed by atoms with Crippen LogP contribution in [0.4, 0.5) is 0 Å². The molecule has 2 aromatic rings. The molecule has 5 heterocycles. The van der Waals surface area contributed by atoms with Crippen LogP contribution in [0.3, 0.4) is 0 Å². The number of hydrogen-bond donors (Lipinski definition) is 1. The van der Waals surface area contributed by atoms with E-state index in [2.05, 4.69) is 21.4 Å². The molecule has 0 saturated carbocycles. The lowest BCUT2D eigenvalue weighted by atomic mass is 9.94. The number of pyridine rings is 1. The number of aryl methyl sites for hydroxylation is 2. The predicted octanol–water partition coefficient (Wildman–Crippen LogP) is 3.54. The zero-order valence-corrected chi connectivity index (χ0v) is 17.3. The van der Waals surface area contributed by atoms with Crippen LogP contribution in [0.25, 0.3) is 11.2 Å². The summed E-state index contributed by atoms with van der Waals surface area (Å²) in [5.74, 6) is 0.341. The normalized spacial score (nSPS) is 24.4. The molecule has 152 valence electrons. The van der Waals surface area contributed by atoms with Gasteiger partial charge in [-0.3, -0.25) is 14.7 Å². The second kappa shape index (κ2) is 7.54. The first-order valence-corrected chi connectivity index (χ1v) is 10.4. The second-order valence-corrected chi connectivity index (χ2v) is 8.12. The van der Waals surface area contributed by atoms with Gasteiger partial charge in [-0.1, -0.05) is 12.2 Å². The molecular formula is C24H25N5O. The fourth-order valence-electron chi connectivity index (χ4n) is 4.32. The number of nitrogens with one attached hydrogen (secondary N) is 1. The molecule has 0 aliphatic carbocycles. The van der Waals surface area contributed by atoms with E-state index in [1.807, 2.05) is 61.3 Å². The molecule has 6 heteroatoms. The lowest BCUT2D eigenvalue weighted by Gasteiger charge is -2.28. The second-order valence-electron chi connectivity index (χ2n) is 8.12. The summed E-state index contributed by atoms with van der Waals surface area (Å²) in [5.41, 5.74) is 6.66. The summed E-state index contributed by atoms with van der Waals surface area (Å²) < 4.78 is 2.03. The Morgan fingerprint density at radius 2 is 2.00 bits per heavy atom. The maximum Gasteiger partial charge on any atom is 0.255 e. The molecule has 0 radical (unpaired) electrons. The van der Waals surface area contributed by atoms with E-state index in [4.69, 9.17) is 0 Å². The van der Waals surface area contributed by atoms with Crippen molar-refractivity contribution in [2.24, 2.45) is 10.9 Å². The summed E-state index contributed by atoms with van der Waals surface area (Å²) >= 11 is 0. The minimum absolute atomic E-state index is 0.0576. The van der Waals surface area contributed by atoms with Gasteiger partial charge in [0.2, 0.25) is 0 Å². The van der Waals surface area contributed by atoms with Crippen LogP contribution in [0.15, 0.2) is 65.4 Å². The average Bonchev–Trinajstić information content (AvgIpc) is 3.13. The van der Waals surface area contributed by atoms with Gasteiger partial charge in [-0.05, 0) is 68.6 Å². The van der Waals surface area contributed by atoms with Crippen molar-refractivity contribution in [3.63, 3.8) is 0 Å². The van der Waals surface area contributed by atoms with E-state index in [1.165, 1.54) is 0 Å². The van der Waals surface area contributed by atoms with Crippen LogP contribution in [0.5, 0.6) is 0 Å². The van der Waals surface area contributed by atoms with Crippen molar-refractivity contribution in [1.29, 1.82) is 0 Å². The quantitative estimate of drug-likeness (QED) is 0.840. The molecule has 6 nitrogen and oxygen atoms in total. The molecule has 30 heavy (non-hydrogen) atoms. The molecular weight excluding hydrogens is 374 g/mol. The lowest BCUT2D eigenvalue weighted by Crippen LogP contribution is -2.32. The molecule has 0 unspecified atom stereocenters. The number of nitrogens with zero attached hydrogens (tertiary/aromatic N) is 4. The van der Waals surface area contributed by atoms with Gasteiger partial charge >= 0.3 is 0 Å². The van der Waals surface area contributed by atoms with Crippen LogP contribution in [0, 0.1) is 19.8 Å². The van der Waals surface area contributed by atoms with E-state index in [0.29, 0.717) is 5.92 Å². The Labute approximate surface area is 176 Å². The standard InChI is InChI=1S/C24H25N5O/c1-16-10-20(14-28-13-17(2)27-24(16)28)19-4-3-5-21-12-26-22(15-29(21)23(30)11-19)18-6-8-25-9-7-18/h3-5,10-15,18,25H,6-9H2,1-2H3/b4-3+,19-11+,21-5+. The van der Waals surface area contributed by atoms with Crippen LogP contribution in [0.1, 0.15) is 29.7 Å². The smallest absolute Gasteiger partial charge is 0.255 e. The third kappa shape index (κ3) is 3.44. The molecule has 5 rings (SSSR count). The van der Waals surface area contributed by atoms with Crippen LogP contribution in [-0.4, -0.2) is 39.5 Å². The zero-order valence-electron chi connectivity index (χ0n) is 17.3. The molecule has 2 aromatic heterocycles. The highest BCUT2D eigenvalue weighted by Gasteiger charge is 2.24. The van der Waals surface area contributed by atoms with Gasteiger partial charge in [0, 0.05) is 30.6 Å². The van der Waals surface area contributed by atoms with Gasteiger partial charge in [0.05, 0.1) is 23.3 Å². The number of hydrogen-bond acceptors (Lipinski definition) is 4. The molecule has 1 amide bonds. The van der Waals surface area contributed by atoms with Crippen molar-refractivity contribution >= 4 is 23.3 Å². The monoisotopic (exact) mass is 399 g/mol. The maximum atomic E-state index is 13.2. The van der Waals surface area contributed by atoms with Crippen LogP contribution >= 0.6 is 0 Å². The topological polar surface area (TPSA) is 62.0 Å². The number of rotatable bonds is 2. The molecule has 3 aliphatic rings. The number of amides is 1. The molecule has 0 atom stereocenters. The van der Waals surface area contributed by atoms with Gasteiger partial charge in [-0.15, -0.1) is 0 Å². The third-order valence-corrected chi connectivity index (χ3v) is 5.89. The Kier molecular flexibility index (Phi) is 4.71. The SMILES string of the molecule is Cc1cn2cc(C3=C\C(=O)N4C=C(C5CCNCC5)N=C\C4=C/C=C/3)cc(C)c2n1. The third-order valence-electron chi connectivity index (χ3n) is 5.89. The zero-order chi connectivity index (χ0) is 20.7. The Bertz CT molecular complexity index is 1170. The van der Waals surface area contributed by atoms with Crippen molar-refractivity contribution in [3.05, 3.63) is 77.2 Å². The van der Waals surface area contributed by atoms with Crippen LogP contribution in [0.2, 0.25) is 0 Å². The van der Waals surface area contributed by atoms with Gasteiger partial charge in [0.15, 0.2) is 0 Å². The molecule has 0 spiro atoms. The highest BCUT2D eigenvalue weighted by molar-refractivity contribution is 6.02. The summed E-state index contributed by atoms with van der Waals surface area (Å²) in [6, 6.07) is 2.09. The number of allylic oxidation sites excluding steroid dienone is 6. The predicted molar refractivity (Wildman–Crippen MR) is 119 cm³/mol. The summed E-state index contributed by atoms with van der Waals surface area (Å²) in [5, 5.41) is 3.38. The van der Waals surface area contributed by atoms with Crippen molar-refractivity contribution in [3.8, 4) is 0 Å². The summed E-state index contributed by atoms with van der Waals surface area (Å²) in [6.07, 6.45) is 17.5. The Morgan fingerprint density at radius 3 is 2.83 bits per heavy atom. The summed E-state index contributed by atoms with van der Waals surface area (Å²) in [6.45, 7) is 6.03. The van der Waals surface area contributed by atoms with Gasteiger partial charge in [0.1, 0.15) is 5.65 Å². The van der Waals surface area contributed by atoms with Crippen molar-refractivity contribution in [2.45, 2.75) is 26.7 Å². The van der Waals surface area contributed by atoms with E-state index in [0.717, 1.165) is 65.4 Å². The number of aromatic nitrogens is 2. The van der Waals surface area contributed by atoms with Crippen LogP contribution in [-0.2, 0) is 4.79 Å².